The molecule has 1 aromatic rings. The molecule has 0 spiro atoms. The molecule has 2 heteroatoms. The summed E-state index contributed by atoms with van der Waals surface area (Å²) in [7, 11) is 2.08. The lowest BCUT2D eigenvalue weighted by molar-refractivity contribution is 0.263. The van der Waals surface area contributed by atoms with Crippen LogP contribution >= 0.6 is 0 Å². The summed E-state index contributed by atoms with van der Waals surface area (Å²) in [6.45, 7) is 5.27. The minimum atomic E-state index is 0.562. The highest BCUT2D eigenvalue weighted by Gasteiger charge is 2.25. The molecule has 1 N–H and O–H groups in total. The lowest BCUT2D eigenvalue weighted by Gasteiger charge is -2.19. The first kappa shape index (κ1) is 14.4. The molecule has 2 atom stereocenters. The van der Waals surface area contributed by atoms with Crippen LogP contribution in [0.4, 0.5) is 0 Å². The minimum Gasteiger partial charge on any atom is -0.494 e. The minimum absolute atomic E-state index is 0.562. The normalized spacial score (nSPS) is 22.9. The van der Waals surface area contributed by atoms with Crippen LogP contribution in [0.3, 0.4) is 0 Å². The Hall–Kier alpha value is -1.02. The van der Waals surface area contributed by atoms with Gasteiger partial charge in [-0.1, -0.05) is 32.4 Å². The van der Waals surface area contributed by atoms with Crippen molar-refractivity contribution in [2.45, 2.75) is 51.5 Å². The van der Waals surface area contributed by atoms with Crippen molar-refractivity contribution in [2.75, 3.05) is 13.7 Å². The third-order valence-electron chi connectivity index (χ3n) is 4.31. The molecule has 0 saturated heterocycles. The average molecular weight is 261 g/mol. The smallest absolute Gasteiger partial charge is 0.119 e. The summed E-state index contributed by atoms with van der Waals surface area (Å²) < 4.78 is 5.92. The molecule has 1 aliphatic carbocycles. The quantitative estimate of drug-likeness (QED) is 0.836. The Balaban J connectivity index is 1.80. The molecule has 1 saturated carbocycles. The van der Waals surface area contributed by atoms with Gasteiger partial charge in [0.15, 0.2) is 0 Å². The number of benzene rings is 1. The lowest BCUT2D eigenvalue weighted by Crippen LogP contribution is -2.29. The first-order valence-corrected chi connectivity index (χ1v) is 7.60. The van der Waals surface area contributed by atoms with E-state index >= 15 is 0 Å². The maximum atomic E-state index is 5.92. The third-order valence-corrected chi connectivity index (χ3v) is 4.31. The molecule has 106 valence electrons. The summed E-state index contributed by atoms with van der Waals surface area (Å²) in [6.07, 6.45) is 5.20. The van der Waals surface area contributed by atoms with Gasteiger partial charge in [0.2, 0.25) is 0 Å². The van der Waals surface area contributed by atoms with Crippen molar-refractivity contribution < 1.29 is 4.74 Å². The lowest BCUT2D eigenvalue weighted by atomic mass is 10.0. The van der Waals surface area contributed by atoms with Crippen molar-refractivity contribution >= 4 is 0 Å². The van der Waals surface area contributed by atoms with E-state index in [4.69, 9.17) is 4.74 Å². The third kappa shape index (κ3) is 3.97. The van der Waals surface area contributed by atoms with Gasteiger partial charge < -0.3 is 10.1 Å². The predicted molar refractivity (Wildman–Crippen MR) is 80.8 cm³/mol. The topological polar surface area (TPSA) is 21.3 Å². The highest BCUT2D eigenvalue weighted by molar-refractivity contribution is 5.30. The molecule has 0 aliphatic heterocycles. The number of ether oxygens (including phenoxy) is 1. The second-order valence-corrected chi connectivity index (χ2v) is 5.95. The molecule has 0 amide bonds. The molecular formula is C17H27NO. The van der Waals surface area contributed by atoms with E-state index < -0.39 is 0 Å². The Labute approximate surface area is 117 Å². The van der Waals surface area contributed by atoms with Gasteiger partial charge in [0.1, 0.15) is 5.75 Å². The molecule has 0 radical (unpaired) electrons. The van der Waals surface area contributed by atoms with Gasteiger partial charge >= 0.3 is 0 Å². The summed E-state index contributed by atoms with van der Waals surface area (Å²) in [5.41, 5.74) is 1.35. The van der Waals surface area contributed by atoms with Crippen LogP contribution in [-0.4, -0.2) is 19.7 Å². The predicted octanol–water partition coefficient (Wildman–Crippen LogP) is 3.97. The zero-order chi connectivity index (χ0) is 13.7. The molecule has 0 aromatic heterocycles. The molecule has 2 rings (SSSR count). The first-order valence-electron chi connectivity index (χ1n) is 7.60. The van der Waals surface area contributed by atoms with E-state index in [9.17, 15) is 0 Å². The van der Waals surface area contributed by atoms with Crippen LogP contribution < -0.4 is 10.1 Å². The van der Waals surface area contributed by atoms with Crippen molar-refractivity contribution in [2.24, 2.45) is 5.92 Å². The van der Waals surface area contributed by atoms with Crippen LogP contribution in [0.15, 0.2) is 24.3 Å². The van der Waals surface area contributed by atoms with Crippen molar-refractivity contribution in [3.05, 3.63) is 29.8 Å². The zero-order valence-corrected chi connectivity index (χ0v) is 12.5. The second kappa shape index (κ2) is 6.95. The van der Waals surface area contributed by atoms with Gasteiger partial charge in [-0.25, -0.2) is 0 Å². The standard InChI is InChI=1S/C17H27NO/c1-13(2)15-7-4-8-16(12-15)19-11-10-14-6-5-9-17(14)18-3/h4,7-8,12-14,17-18H,5-6,9-11H2,1-3H3. The molecule has 1 fully saturated rings. The maximum absolute atomic E-state index is 5.92. The molecule has 1 aromatic carbocycles. The molecular weight excluding hydrogens is 234 g/mol. The molecule has 2 nitrogen and oxygen atoms in total. The van der Waals surface area contributed by atoms with Gasteiger partial charge in [-0.05, 0) is 55.8 Å². The first-order chi connectivity index (χ1) is 9.20. The van der Waals surface area contributed by atoms with Crippen LogP contribution in [0.25, 0.3) is 0 Å². The monoisotopic (exact) mass is 261 g/mol. The summed E-state index contributed by atoms with van der Waals surface area (Å²) in [4.78, 5) is 0. The van der Waals surface area contributed by atoms with E-state index in [1.54, 1.807) is 0 Å². The number of hydrogen-bond donors (Lipinski definition) is 1. The Morgan fingerprint density at radius 1 is 1.32 bits per heavy atom. The molecule has 2 unspecified atom stereocenters. The van der Waals surface area contributed by atoms with Crippen molar-refractivity contribution in [1.29, 1.82) is 0 Å². The van der Waals surface area contributed by atoms with Crippen LogP contribution in [-0.2, 0) is 0 Å². The van der Waals surface area contributed by atoms with Crippen LogP contribution in [0.2, 0.25) is 0 Å². The van der Waals surface area contributed by atoms with Gasteiger partial charge in [-0.2, -0.15) is 0 Å². The number of hydrogen-bond acceptors (Lipinski definition) is 2. The van der Waals surface area contributed by atoms with Crippen molar-refractivity contribution in [1.82, 2.24) is 5.32 Å². The van der Waals surface area contributed by atoms with E-state index in [2.05, 4.69) is 50.5 Å². The van der Waals surface area contributed by atoms with Crippen LogP contribution in [0.5, 0.6) is 5.75 Å². The highest BCUT2D eigenvalue weighted by Crippen LogP contribution is 2.28. The van der Waals surface area contributed by atoms with Crippen molar-refractivity contribution in [3.8, 4) is 5.75 Å². The van der Waals surface area contributed by atoms with Gasteiger partial charge in [0.25, 0.3) is 0 Å². The molecule has 0 bridgehead atoms. The van der Waals surface area contributed by atoms with E-state index in [1.165, 1.54) is 24.8 Å². The fourth-order valence-electron chi connectivity index (χ4n) is 3.05. The Morgan fingerprint density at radius 3 is 2.89 bits per heavy atom. The van der Waals surface area contributed by atoms with E-state index in [-0.39, 0.29) is 0 Å². The van der Waals surface area contributed by atoms with E-state index in [0.29, 0.717) is 12.0 Å². The molecule has 19 heavy (non-hydrogen) atoms. The SMILES string of the molecule is CNC1CCCC1CCOc1cccc(C(C)C)c1. The molecule has 1 aliphatic rings. The average Bonchev–Trinajstić information content (AvgIpc) is 2.86. The zero-order valence-electron chi connectivity index (χ0n) is 12.5. The fraction of sp³-hybridized carbons (Fsp3) is 0.647. The van der Waals surface area contributed by atoms with E-state index in [0.717, 1.165) is 24.7 Å². The Morgan fingerprint density at radius 2 is 2.16 bits per heavy atom. The summed E-state index contributed by atoms with van der Waals surface area (Å²) >= 11 is 0. The van der Waals surface area contributed by atoms with Gasteiger partial charge in [-0.15, -0.1) is 0 Å². The Kier molecular flexibility index (Phi) is 5.26. The summed E-state index contributed by atoms with van der Waals surface area (Å²) in [5, 5.41) is 3.43. The highest BCUT2D eigenvalue weighted by atomic mass is 16.5. The fourth-order valence-corrected chi connectivity index (χ4v) is 3.05. The maximum Gasteiger partial charge on any atom is 0.119 e. The summed E-state index contributed by atoms with van der Waals surface area (Å²) in [6, 6.07) is 9.21. The largest absolute Gasteiger partial charge is 0.494 e. The Bertz CT molecular complexity index is 389. The summed E-state index contributed by atoms with van der Waals surface area (Å²) in [5.74, 6) is 2.37. The van der Waals surface area contributed by atoms with Crippen molar-refractivity contribution in [3.63, 3.8) is 0 Å². The number of rotatable bonds is 6. The van der Waals surface area contributed by atoms with Gasteiger partial charge in [0.05, 0.1) is 6.61 Å². The van der Waals surface area contributed by atoms with E-state index in [1.807, 2.05) is 0 Å². The second-order valence-electron chi connectivity index (χ2n) is 5.95. The van der Waals surface area contributed by atoms with Crippen LogP contribution in [0, 0.1) is 5.92 Å². The number of nitrogens with one attached hydrogen (secondary N) is 1. The molecule has 0 heterocycles. The van der Waals surface area contributed by atoms with Crippen LogP contribution in [0.1, 0.15) is 51.0 Å². The van der Waals surface area contributed by atoms with Gasteiger partial charge in [0, 0.05) is 6.04 Å². The van der Waals surface area contributed by atoms with Gasteiger partial charge in [-0.3, -0.25) is 0 Å².